The van der Waals surface area contributed by atoms with Gasteiger partial charge in [0.25, 0.3) is 0 Å². The van der Waals surface area contributed by atoms with Gasteiger partial charge in [0.15, 0.2) is 0 Å². The summed E-state index contributed by atoms with van der Waals surface area (Å²) < 4.78 is 5.29. The van der Waals surface area contributed by atoms with Gasteiger partial charge in [0.2, 0.25) is 0 Å². The number of ether oxygens (including phenoxy) is 1. The Bertz CT molecular complexity index is 310. The third-order valence-electron chi connectivity index (χ3n) is 2.71. The highest BCUT2D eigenvalue weighted by Gasteiger charge is 2.15. The predicted octanol–water partition coefficient (Wildman–Crippen LogP) is 2.86. The second-order valence-electron chi connectivity index (χ2n) is 3.81. The molecule has 1 atom stereocenters. The molecule has 0 saturated carbocycles. The van der Waals surface area contributed by atoms with E-state index in [1.54, 1.807) is 7.11 Å². The quantitative estimate of drug-likeness (QED) is 0.848. The third kappa shape index (κ3) is 2.81. The summed E-state index contributed by atoms with van der Waals surface area (Å²) >= 11 is 2.06. The summed E-state index contributed by atoms with van der Waals surface area (Å²) in [6.07, 6.45) is 1.34. The molecule has 0 amide bonds. The molecule has 1 unspecified atom stereocenters. The van der Waals surface area contributed by atoms with E-state index in [0.717, 1.165) is 23.9 Å². The molecule has 0 radical (unpaired) electrons. The van der Waals surface area contributed by atoms with Crippen LogP contribution in [0.25, 0.3) is 0 Å². The lowest BCUT2D eigenvalue weighted by molar-refractivity contribution is 0.416. The Hall–Kier alpha value is -0.830. The first-order valence-corrected chi connectivity index (χ1v) is 6.50. The minimum Gasteiger partial charge on any atom is -0.495 e. The van der Waals surface area contributed by atoms with Gasteiger partial charge in [0, 0.05) is 6.54 Å². The van der Waals surface area contributed by atoms with Crippen LogP contribution in [0, 0.1) is 5.92 Å². The molecule has 0 aliphatic carbocycles. The zero-order valence-electron chi connectivity index (χ0n) is 9.03. The number of methoxy groups -OCH3 is 1. The Balaban J connectivity index is 1.91. The number of nitrogens with one attached hydrogen (secondary N) is 1. The molecule has 2 nitrogen and oxygen atoms in total. The molecule has 0 spiro atoms. The van der Waals surface area contributed by atoms with Crippen LogP contribution in [-0.2, 0) is 0 Å². The fourth-order valence-corrected chi connectivity index (χ4v) is 3.07. The molecule has 1 saturated heterocycles. The second kappa shape index (κ2) is 5.31. The summed E-state index contributed by atoms with van der Waals surface area (Å²) in [6.45, 7) is 1.06. The lowest BCUT2D eigenvalue weighted by Crippen LogP contribution is -2.13. The highest BCUT2D eigenvalue weighted by atomic mass is 32.2. The van der Waals surface area contributed by atoms with Crippen LogP contribution < -0.4 is 10.1 Å². The van der Waals surface area contributed by atoms with Gasteiger partial charge in [0.05, 0.1) is 12.8 Å². The number of thioether (sulfide) groups is 1. The highest BCUT2D eigenvalue weighted by Crippen LogP contribution is 2.26. The van der Waals surface area contributed by atoms with Crippen LogP contribution >= 0.6 is 11.8 Å². The van der Waals surface area contributed by atoms with E-state index in [0.29, 0.717) is 0 Å². The Morgan fingerprint density at radius 2 is 2.33 bits per heavy atom. The van der Waals surface area contributed by atoms with Crippen LogP contribution in [0.15, 0.2) is 24.3 Å². The van der Waals surface area contributed by atoms with E-state index in [-0.39, 0.29) is 0 Å². The lowest BCUT2D eigenvalue weighted by Gasteiger charge is -2.13. The highest BCUT2D eigenvalue weighted by molar-refractivity contribution is 7.99. The molecule has 1 aromatic carbocycles. The predicted molar refractivity (Wildman–Crippen MR) is 66.9 cm³/mol. The van der Waals surface area contributed by atoms with Crippen molar-refractivity contribution in [2.45, 2.75) is 6.42 Å². The maximum atomic E-state index is 5.29. The molecule has 0 bridgehead atoms. The van der Waals surface area contributed by atoms with Crippen LogP contribution in [0.4, 0.5) is 5.69 Å². The monoisotopic (exact) mass is 223 g/mol. The van der Waals surface area contributed by atoms with Crippen molar-refractivity contribution < 1.29 is 4.74 Å². The van der Waals surface area contributed by atoms with Gasteiger partial charge in [-0.05, 0) is 36.0 Å². The van der Waals surface area contributed by atoms with Gasteiger partial charge in [-0.15, -0.1) is 0 Å². The minimum absolute atomic E-state index is 0.819. The molecule has 15 heavy (non-hydrogen) atoms. The maximum absolute atomic E-state index is 5.29. The fraction of sp³-hybridized carbons (Fsp3) is 0.500. The van der Waals surface area contributed by atoms with Crippen molar-refractivity contribution in [3.05, 3.63) is 24.3 Å². The zero-order valence-corrected chi connectivity index (χ0v) is 9.85. The zero-order chi connectivity index (χ0) is 10.5. The van der Waals surface area contributed by atoms with Crippen molar-refractivity contribution in [3.8, 4) is 5.75 Å². The van der Waals surface area contributed by atoms with Crippen LogP contribution in [-0.4, -0.2) is 25.2 Å². The van der Waals surface area contributed by atoms with Gasteiger partial charge >= 0.3 is 0 Å². The lowest BCUT2D eigenvalue weighted by atomic mass is 10.1. The fourth-order valence-electron chi connectivity index (χ4n) is 1.79. The number of para-hydroxylation sites is 2. The summed E-state index contributed by atoms with van der Waals surface area (Å²) in [5, 5.41) is 3.47. The normalized spacial score (nSPS) is 20.2. The molecule has 82 valence electrons. The van der Waals surface area contributed by atoms with Gasteiger partial charge in [-0.1, -0.05) is 12.1 Å². The molecule has 1 N–H and O–H groups in total. The van der Waals surface area contributed by atoms with E-state index in [9.17, 15) is 0 Å². The van der Waals surface area contributed by atoms with Crippen molar-refractivity contribution in [1.29, 1.82) is 0 Å². The van der Waals surface area contributed by atoms with E-state index in [4.69, 9.17) is 4.74 Å². The average Bonchev–Trinajstić information content (AvgIpc) is 2.79. The van der Waals surface area contributed by atoms with E-state index in [2.05, 4.69) is 23.1 Å². The summed E-state index contributed by atoms with van der Waals surface area (Å²) in [4.78, 5) is 0. The van der Waals surface area contributed by atoms with Crippen LogP contribution in [0.3, 0.4) is 0 Å². The Kier molecular flexibility index (Phi) is 3.78. The molecule has 1 aliphatic heterocycles. The SMILES string of the molecule is COc1ccccc1NCC1CCSC1. The average molecular weight is 223 g/mol. The number of hydrogen-bond acceptors (Lipinski definition) is 3. The second-order valence-corrected chi connectivity index (χ2v) is 4.96. The van der Waals surface area contributed by atoms with Gasteiger partial charge in [-0.25, -0.2) is 0 Å². The van der Waals surface area contributed by atoms with Gasteiger partial charge in [-0.2, -0.15) is 11.8 Å². The smallest absolute Gasteiger partial charge is 0.141 e. The number of anilines is 1. The van der Waals surface area contributed by atoms with E-state index >= 15 is 0 Å². The van der Waals surface area contributed by atoms with Gasteiger partial charge < -0.3 is 10.1 Å². The van der Waals surface area contributed by atoms with Crippen molar-refractivity contribution in [2.24, 2.45) is 5.92 Å². The first-order valence-electron chi connectivity index (χ1n) is 5.35. The van der Waals surface area contributed by atoms with Gasteiger partial charge in [-0.3, -0.25) is 0 Å². The minimum atomic E-state index is 0.819. The summed E-state index contributed by atoms with van der Waals surface area (Å²) in [7, 11) is 1.71. The Morgan fingerprint density at radius 3 is 3.07 bits per heavy atom. The molecule has 1 aromatic rings. The number of hydrogen-bond donors (Lipinski definition) is 1. The topological polar surface area (TPSA) is 21.3 Å². The molecule has 1 aliphatic rings. The summed E-state index contributed by atoms with van der Waals surface area (Å²) in [6, 6.07) is 8.09. The van der Waals surface area contributed by atoms with Crippen LogP contribution in [0.1, 0.15) is 6.42 Å². The van der Waals surface area contributed by atoms with Crippen molar-refractivity contribution >= 4 is 17.4 Å². The van der Waals surface area contributed by atoms with Crippen molar-refractivity contribution in [3.63, 3.8) is 0 Å². The Morgan fingerprint density at radius 1 is 1.47 bits per heavy atom. The van der Waals surface area contributed by atoms with Crippen LogP contribution in [0.5, 0.6) is 5.75 Å². The van der Waals surface area contributed by atoms with E-state index < -0.39 is 0 Å². The third-order valence-corrected chi connectivity index (χ3v) is 3.94. The van der Waals surface area contributed by atoms with Crippen LogP contribution in [0.2, 0.25) is 0 Å². The molecular weight excluding hydrogens is 206 g/mol. The molecular formula is C12H17NOS. The largest absolute Gasteiger partial charge is 0.495 e. The molecule has 2 rings (SSSR count). The first-order chi connectivity index (χ1) is 7.40. The number of benzene rings is 1. The Labute approximate surface area is 95.4 Å². The summed E-state index contributed by atoms with van der Waals surface area (Å²) in [5.74, 6) is 4.36. The molecule has 0 aromatic heterocycles. The molecule has 3 heteroatoms. The standard InChI is InChI=1S/C12H17NOS/c1-14-12-5-3-2-4-11(12)13-8-10-6-7-15-9-10/h2-5,10,13H,6-9H2,1H3. The first kappa shape index (κ1) is 10.7. The molecule has 1 fully saturated rings. The maximum Gasteiger partial charge on any atom is 0.141 e. The van der Waals surface area contributed by atoms with Gasteiger partial charge in [0.1, 0.15) is 5.75 Å². The summed E-state index contributed by atoms with van der Waals surface area (Å²) in [5.41, 5.74) is 1.11. The van der Waals surface area contributed by atoms with E-state index in [1.165, 1.54) is 17.9 Å². The van der Waals surface area contributed by atoms with E-state index in [1.807, 2.05) is 18.2 Å². The molecule has 1 heterocycles. The van der Waals surface area contributed by atoms with Crippen molar-refractivity contribution in [1.82, 2.24) is 0 Å². The van der Waals surface area contributed by atoms with Crippen molar-refractivity contribution in [2.75, 3.05) is 30.5 Å². The number of rotatable bonds is 4.